The molecule has 0 aromatic heterocycles. The van der Waals surface area contributed by atoms with Crippen LogP contribution in [-0.4, -0.2) is 0 Å². The summed E-state index contributed by atoms with van der Waals surface area (Å²) in [5.41, 5.74) is 5.72. The van der Waals surface area contributed by atoms with Gasteiger partial charge in [-0.3, -0.25) is 0 Å². The van der Waals surface area contributed by atoms with Crippen LogP contribution in [0.1, 0.15) is 36.1 Å². The van der Waals surface area contributed by atoms with E-state index in [4.69, 9.17) is 0 Å². The molecule has 0 radical (unpaired) electrons. The van der Waals surface area contributed by atoms with Crippen LogP contribution in [0, 0.1) is 13.8 Å². The lowest BCUT2D eigenvalue weighted by Gasteiger charge is -2.11. The molecule has 2 rings (SSSR count). The van der Waals surface area contributed by atoms with E-state index in [1.165, 1.54) is 33.0 Å². The summed E-state index contributed by atoms with van der Waals surface area (Å²) in [5.74, 6) is 0. The van der Waals surface area contributed by atoms with Gasteiger partial charge >= 0.3 is 0 Å². The molecule has 0 saturated heterocycles. The van der Waals surface area contributed by atoms with E-state index in [2.05, 4.69) is 52.0 Å². The Morgan fingerprint density at radius 3 is 1.38 bits per heavy atom. The molecule has 0 amide bonds. The smallest absolute Gasteiger partial charge is 0.0146 e. The van der Waals surface area contributed by atoms with Crippen LogP contribution in [0.2, 0.25) is 0 Å². The van der Waals surface area contributed by atoms with E-state index in [9.17, 15) is 0 Å². The number of benzene rings is 2. The molecule has 0 unspecified atom stereocenters. The maximum atomic E-state index is 2.33. The van der Waals surface area contributed by atoms with Crippen LogP contribution in [0.4, 0.5) is 0 Å². The summed E-state index contributed by atoms with van der Waals surface area (Å²) in [5, 5.41) is 2.90. The van der Waals surface area contributed by atoms with Gasteiger partial charge in [-0.25, -0.2) is 0 Å². The van der Waals surface area contributed by atoms with Gasteiger partial charge in [-0.15, -0.1) is 0 Å². The van der Waals surface area contributed by atoms with Crippen molar-refractivity contribution >= 4 is 10.8 Å². The molecule has 0 N–H and O–H groups in total. The Morgan fingerprint density at radius 2 is 1.06 bits per heavy atom. The van der Waals surface area contributed by atoms with Crippen molar-refractivity contribution in [2.75, 3.05) is 0 Å². The SMILES string of the molecule is CCc1cc(C)cc2c(CC)cc(C)cc12. The van der Waals surface area contributed by atoms with Gasteiger partial charge in [0.25, 0.3) is 0 Å². The fraction of sp³-hybridized carbons (Fsp3) is 0.375. The summed E-state index contributed by atoms with van der Waals surface area (Å²) >= 11 is 0. The topological polar surface area (TPSA) is 0 Å². The fourth-order valence-electron chi connectivity index (χ4n) is 2.52. The number of hydrogen-bond donors (Lipinski definition) is 0. The molecule has 0 saturated carbocycles. The Hall–Kier alpha value is -1.30. The van der Waals surface area contributed by atoms with E-state index in [1.807, 2.05) is 0 Å². The highest BCUT2D eigenvalue weighted by molar-refractivity contribution is 5.90. The van der Waals surface area contributed by atoms with Gasteiger partial charge in [0, 0.05) is 0 Å². The Balaban J connectivity index is 2.87. The quantitative estimate of drug-likeness (QED) is 0.683. The van der Waals surface area contributed by atoms with Gasteiger partial charge < -0.3 is 0 Å². The predicted octanol–water partition coefficient (Wildman–Crippen LogP) is 4.58. The second-order valence-corrected chi connectivity index (χ2v) is 4.65. The van der Waals surface area contributed by atoms with Crippen molar-refractivity contribution in [3.8, 4) is 0 Å². The lowest BCUT2D eigenvalue weighted by atomic mass is 9.93. The van der Waals surface area contributed by atoms with Crippen molar-refractivity contribution in [2.24, 2.45) is 0 Å². The molecule has 0 heteroatoms. The minimum Gasteiger partial charge on any atom is -0.0613 e. The first-order chi connectivity index (χ1) is 7.65. The first-order valence-corrected chi connectivity index (χ1v) is 6.18. The maximum absolute atomic E-state index is 2.33. The summed E-state index contributed by atoms with van der Waals surface area (Å²) in [4.78, 5) is 0. The number of rotatable bonds is 2. The molecular weight excluding hydrogens is 192 g/mol. The van der Waals surface area contributed by atoms with Crippen LogP contribution in [0.15, 0.2) is 24.3 Å². The summed E-state index contributed by atoms with van der Waals surface area (Å²) in [6, 6.07) is 9.29. The van der Waals surface area contributed by atoms with Crippen LogP contribution in [0.3, 0.4) is 0 Å². The van der Waals surface area contributed by atoms with Gasteiger partial charge in [0.15, 0.2) is 0 Å². The molecule has 0 bridgehead atoms. The average molecular weight is 212 g/mol. The van der Waals surface area contributed by atoms with Crippen molar-refractivity contribution in [1.29, 1.82) is 0 Å². The number of aryl methyl sites for hydroxylation is 4. The van der Waals surface area contributed by atoms with Crippen molar-refractivity contribution in [3.63, 3.8) is 0 Å². The maximum Gasteiger partial charge on any atom is -0.0146 e. The standard InChI is InChI=1S/C16H20/c1-5-13-7-11(3)10-16-14(6-2)8-12(4)9-15(13)16/h7-10H,5-6H2,1-4H3. The highest BCUT2D eigenvalue weighted by Gasteiger charge is 2.05. The van der Waals surface area contributed by atoms with Crippen LogP contribution < -0.4 is 0 Å². The molecular formula is C16H20. The molecule has 0 spiro atoms. The van der Waals surface area contributed by atoms with Gasteiger partial charge in [-0.2, -0.15) is 0 Å². The molecule has 2 aromatic carbocycles. The second kappa shape index (κ2) is 4.29. The Morgan fingerprint density at radius 1 is 0.688 bits per heavy atom. The summed E-state index contributed by atoms with van der Waals surface area (Å²) in [6.45, 7) is 8.86. The highest BCUT2D eigenvalue weighted by atomic mass is 14.1. The second-order valence-electron chi connectivity index (χ2n) is 4.65. The summed E-state index contributed by atoms with van der Waals surface area (Å²) < 4.78 is 0. The number of hydrogen-bond acceptors (Lipinski definition) is 0. The summed E-state index contributed by atoms with van der Waals surface area (Å²) in [6.07, 6.45) is 2.23. The lowest BCUT2D eigenvalue weighted by molar-refractivity contribution is 1.13. The van der Waals surface area contributed by atoms with Crippen LogP contribution in [0.5, 0.6) is 0 Å². The third-order valence-electron chi connectivity index (χ3n) is 3.29. The molecule has 0 aliphatic rings. The van der Waals surface area contributed by atoms with Crippen molar-refractivity contribution in [2.45, 2.75) is 40.5 Å². The molecule has 0 heterocycles. The van der Waals surface area contributed by atoms with Gasteiger partial charge in [0.1, 0.15) is 0 Å². The molecule has 2 aromatic rings. The van der Waals surface area contributed by atoms with E-state index in [0.29, 0.717) is 0 Å². The zero-order valence-electron chi connectivity index (χ0n) is 10.7. The van der Waals surface area contributed by atoms with E-state index in [0.717, 1.165) is 12.8 Å². The van der Waals surface area contributed by atoms with E-state index < -0.39 is 0 Å². The fourth-order valence-corrected chi connectivity index (χ4v) is 2.52. The third kappa shape index (κ3) is 1.84. The zero-order valence-corrected chi connectivity index (χ0v) is 10.7. The molecule has 0 aliphatic heterocycles. The predicted molar refractivity (Wildman–Crippen MR) is 72.2 cm³/mol. The van der Waals surface area contributed by atoms with Crippen LogP contribution >= 0.6 is 0 Å². The van der Waals surface area contributed by atoms with Gasteiger partial charge in [0.2, 0.25) is 0 Å². The molecule has 0 nitrogen and oxygen atoms in total. The third-order valence-corrected chi connectivity index (χ3v) is 3.29. The molecule has 16 heavy (non-hydrogen) atoms. The normalized spacial score (nSPS) is 11.0. The highest BCUT2D eigenvalue weighted by Crippen LogP contribution is 2.26. The van der Waals surface area contributed by atoms with E-state index >= 15 is 0 Å². The van der Waals surface area contributed by atoms with Gasteiger partial charge in [-0.1, -0.05) is 49.2 Å². The van der Waals surface area contributed by atoms with Gasteiger partial charge in [0.05, 0.1) is 0 Å². The Kier molecular flexibility index (Phi) is 3.00. The van der Waals surface area contributed by atoms with Crippen molar-refractivity contribution < 1.29 is 0 Å². The monoisotopic (exact) mass is 212 g/mol. The molecule has 0 fully saturated rings. The average Bonchev–Trinajstić information content (AvgIpc) is 2.27. The first-order valence-electron chi connectivity index (χ1n) is 6.18. The number of fused-ring (bicyclic) bond motifs is 1. The largest absolute Gasteiger partial charge is 0.0613 e. The minimum atomic E-state index is 1.12. The van der Waals surface area contributed by atoms with Crippen molar-refractivity contribution in [3.05, 3.63) is 46.5 Å². The van der Waals surface area contributed by atoms with Gasteiger partial charge in [-0.05, 0) is 48.6 Å². The molecule has 0 aliphatic carbocycles. The minimum absolute atomic E-state index is 1.12. The molecule has 0 atom stereocenters. The van der Waals surface area contributed by atoms with Crippen molar-refractivity contribution in [1.82, 2.24) is 0 Å². The lowest BCUT2D eigenvalue weighted by Crippen LogP contribution is -1.92. The summed E-state index contributed by atoms with van der Waals surface area (Å²) in [7, 11) is 0. The van der Waals surface area contributed by atoms with E-state index in [-0.39, 0.29) is 0 Å². The molecule has 84 valence electrons. The van der Waals surface area contributed by atoms with Crippen LogP contribution in [-0.2, 0) is 12.8 Å². The van der Waals surface area contributed by atoms with Crippen LogP contribution in [0.25, 0.3) is 10.8 Å². The first kappa shape index (κ1) is 11.2. The Labute approximate surface area is 98.3 Å². The van der Waals surface area contributed by atoms with E-state index in [1.54, 1.807) is 0 Å². The zero-order chi connectivity index (χ0) is 11.7. The Bertz CT molecular complexity index is 472.